The van der Waals surface area contributed by atoms with Gasteiger partial charge < -0.3 is 19.7 Å². The molecule has 1 N–H and O–H groups in total. The summed E-state index contributed by atoms with van der Waals surface area (Å²) >= 11 is 10.9. The highest BCUT2D eigenvalue weighted by Crippen LogP contribution is 2.47. The molecular weight excluding hydrogens is 511 g/mol. The topological polar surface area (TPSA) is 76.6 Å². The number of halogens is 3. The van der Waals surface area contributed by atoms with Crippen LogP contribution in [-0.4, -0.2) is 53.2 Å². The maximum Gasteiger partial charge on any atom is 0.407 e. The molecule has 1 fully saturated rings. The fourth-order valence-electron chi connectivity index (χ4n) is 3.78. The molecule has 2 aromatic rings. The molecule has 1 aromatic heterocycles. The van der Waals surface area contributed by atoms with Crippen molar-refractivity contribution in [1.82, 2.24) is 15.3 Å². The van der Waals surface area contributed by atoms with E-state index in [2.05, 4.69) is 36.1 Å². The SMILES string of the molecule is CSc1nc2c3c(c(Cl)c(Br)c(F)c3n1)OCCN2C1CC(NC(=O)OC(C)(C)C)C1. The summed E-state index contributed by atoms with van der Waals surface area (Å²) in [7, 11) is 0. The largest absolute Gasteiger partial charge is 0.489 e. The summed E-state index contributed by atoms with van der Waals surface area (Å²) in [6, 6.07) is 0.124. The molecule has 0 radical (unpaired) electrons. The second-order valence-electron chi connectivity index (χ2n) is 8.54. The number of thioether (sulfide) groups is 1. The number of nitrogens with zero attached hydrogens (tertiary/aromatic N) is 3. The fourth-order valence-corrected chi connectivity index (χ4v) is 4.74. The van der Waals surface area contributed by atoms with Crippen molar-refractivity contribution >= 4 is 62.1 Å². The van der Waals surface area contributed by atoms with Crippen molar-refractivity contribution in [1.29, 1.82) is 0 Å². The van der Waals surface area contributed by atoms with Crippen LogP contribution in [0.5, 0.6) is 5.75 Å². The van der Waals surface area contributed by atoms with Crippen molar-refractivity contribution in [3.63, 3.8) is 0 Å². The first-order chi connectivity index (χ1) is 14.6. The molecule has 2 aliphatic rings. The minimum atomic E-state index is -0.544. The lowest BCUT2D eigenvalue weighted by Crippen LogP contribution is -2.55. The Morgan fingerprint density at radius 2 is 2.10 bits per heavy atom. The van der Waals surface area contributed by atoms with Gasteiger partial charge in [0.15, 0.2) is 16.7 Å². The molecule has 31 heavy (non-hydrogen) atoms. The zero-order chi connectivity index (χ0) is 22.5. The van der Waals surface area contributed by atoms with Gasteiger partial charge in [0.25, 0.3) is 0 Å². The van der Waals surface area contributed by atoms with Gasteiger partial charge in [0.1, 0.15) is 28.6 Å². The molecule has 1 aliphatic carbocycles. The number of rotatable bonds is 3. The molecule has 1 saturated carbocycles. The summed E-state index contributed by atoms with van der Waals surface area (Å²) in [4.78, 5) is 23.2. The lowest BCUT2D eigenvalue weighted by molar-refractivity contribution is 0.0470. The van der Waals surface area contributed by atoms with Gasteiger partial charge in [0.05, 0.1) is 16.4 Å². The van der Waals surface area contributed by atoms with Crippen LogP contribution in [0, 0.1) is 5.82 Å². The third kappa shape index (κ3) is 4.39. The molecule has 0 bridgehead atoms. The second-order valence-corrected chi connectivity index (χ2v) is 10.5. The molecule has 11 heteroatoms. The van der Waals surface area contributed by atoms with E-state index in [0.29, 0.717) is 35.3 Å². The van der Waals surface area contributed by atoms with Gasteiger partial charge in [-0.1, -0.05) is 23.4 Å². The molecule has 0 atom stereocenters. The normalized spacial score (nSPS) is 20.7. The van der Waals surface area contributed by atoms with Crippen LogP contribution in [0.25, 0.3) is 10.9 Å². The van der Waals surface area contributed by atoms with Crippen molar-refractivity contribution in [3.05, 3.63) is 15.3 Å². The minimum absolute atomic E-state index is 0.00563. The summed E-state index contributed by atoms with van der Waals surface area (Å²) in [5.74, 6) is 0.458. The highest BCUT2D eigenvalue weighted by Gasteiger charge is 2.39. The maximum atomic E-state index is 15.0. The van der Waals surface area contributed by atoms with Gasteiger partial charge >= 0.3 is 6.09 Å². The summed E-state index contributed by atoms with van der Waals surface area (Å²) < 4.78 is 26.4. The van der Waals surface area contributed by atoms with Gasteiger partial charge in [-0.15, -0.1) is 0 Å². The molecule has 1 aliphatic heterocycles. The number of ether oxygens (including phenoxy) is 2. The van der Waals surface area contributed by atoms with Crippen LogP contribution in [0.2, 0.25) is 5.02 Å². The fraction of sp³-hybridized carbons (Fsp3) is 0.550. The molecule has 1 amide bonds. The Morgan fingerprint density at radius 1 is 1.39 bits per heavy atom. The second kappa shape index (κ2) is 8.44. The summed E-state index contributed by atoms with van der Waals surface area (Å²) in [5.41, 5.74) is -0.368. The minimum Gasteiger partial charge on any atom is -0.489 e. The Kier molecular flexibility index (Phi) is 6.17. The van der Waals surface area contributed by atoms with Crippen molar-refractivity contribution < 1.29 is 18.7 Å². The Balaban J connectivity index is 1.63. The molecule has 7 nitrogen and oxygen atoms in total. The smallest absolute Gasteiger partial charge is 0.407 e. The molecular formula is C20H23BrClFN4O3S. The average molecular weight is 534 g/mol. The number of benzene rings is 1. The molecule has 2 heterocycles. The molecule has 168 valence electrons. The van der Waals surface area contributed by atoms with Gasteiger partial charge in [0.2, 0.25) is 0 Å². The van der Waals surface area contributed by atoms with E-state index in [-0.39, 0.29) is 27.1 Å². The van der Waals surface area contributed by atoms with Crippen molar-refractivity contribution in [2.24, 2.45) is 0 Å². The van der Waals surface area contributed by atoms with Crippen LogP contribution in [0.1, 0.15) is 33.6 Å². The first-order valence-electron chi connectivity index (χ1n) is 9.90. The van der Waals surface area contributed by atoms with Crippen molar-refractivity contribution in [3.8, 4) is 5.75 Å². The number of hydrogen-bond acceptors (Lipinski definition) is 7. The quantitative estimate of drug-likeness (QED) is 0.332. The average Bonchev–Trinajstić information content (AvgIpc) is 2.85. The summed E-state index contributed by atoms with van der Waals surface area (Å²) in [5, 5.41) is 4.02. The van der Waals surface area contributed by atoms with E-state index in [1.807, 2.05) is 27.0 Å². The van der Waals surface area contributed by atoms with Crippen LogP contribution in [-0.2, 0) is 4.74 Å². The van der Waals surface area contributed by atoms with E-state index in [4.69, 9.17) is 21.1 Å². The molecule has 1 aromatic carbocycles. The third-order valence-electron chi connectivity index (χ3n) is 5.20. The van der Waals surface area contributed by atoms with E-state index < -0.39 is 17.5 Å². The molecule has 0 spiro atoms. The Labute approximate surface area is 197 Å². The van der Waals surface area contributed by atoms with Crippen LogP contribution >= 0.6 is 39.3 Å². The predicted molar refractivity (Wildman–Crippen MR) is 123 cm³/mol. The zero-order valence-electron chi connectivity index (χ0n) is 17.6. The maximum absolute atomic E-state index is 15.0. The number of anilines is 1. The Hall–Kier alpha value is -1.52. The summed E-state index contributed by atoms with van der Waals surface area (Å²) in [6.45, 7) is 6.43. The van der Waals surface area contributed by atoms with Gasteiger partial charge in [-0.2, -0.15) is 0 Å². The van der Waals surface area contributed by atoms with Gasteiger partial charge in [0, 0.05) is 12.1 Å². The monoisotopic (exact) mass is 532 g/mol. The first kappa shape index (κ1) is 22.7. The lowest BCUT2D eigenvalue weighted by atomic mass is 9.85. The Bertz CT molecular complexity index is 1050. The summed E-state index contributed by atoms with van der Waals surface area (Å²) in [6.07, 6.45) is 2.87. The number of nitrogens with one attached hydrogen (secondary N) is 1. The van der Waals surface area contributed by atoms with Crippen LogP contribution in [0.15, 0.2) is 9.63 Å². The number of carbonyl (C=O) groups is 1. The van der Waals surface area contributed by atoms with E-state index >= 15 is 4.39 Å². The lowest BCUT2D eigenvalue weighted by Gasteiger charge is -2.43. The van der Waals surface area contributed by atoms with E-state index in [0.717, 1.165) is 12.8 Å². The number of carbonyl (C=O) groups excluding carboxylic acids is 1. The standard InChI is InChI=1S/C20H23BrClFN4O3S/c1-20(2,3)30-19(28)24-9-7-10(8-9)27-5-6-29-16-11-15(14(23)12(21)13(16)22)25-18(31-4)26-17(11)27/h9-10H,5-8H2,1-4H3,(H,24,28). The predicted octanol–water partition coefficient (Wildman–Crippen LogP) is 5.16. The molecule has 0 saturated heterocycles. The van der Waals surface area contributed by atoms with Gasteiger partial charge in [-0.25, -0.2) is 19.2 Å². The van der Waals surface area contributed by atoms with Crippen LogP contribution in [0.4, 0.5) is 15.0 Å². The van der Waals surface area contributed by atoms with Crippen LogP contribution < -0.4 is 15.0 Å². The third-order valence-corrected chi connectivity index (χ3v) is 7.08. The van der Waals surface area contributed by atoms with Crippen LogP contribution in [0.3, 0.4) is 0 Å². The van der Waals surface area contributed by atoms with Gasteiger partial charge in [-0.3, -0.25) is 0 Å². The Morgan fingerprint density at radius 3 is 2.74 bits per heavy atom. The molecule has 4 rings (SSSR count). The van der Waals surface area contributed by atoms with E-state index in [1.165, 1.54) is 11.8 Å². The zero-order valence-corrected chi connectivity index (χ0v) is 20.8. The highest BCUT2D eigenvalue weighted by atomic mass is 79.9. The number of aromatic nitrogens is 2. The van der Waals surface area contributed by atoms with Crippen molar-refractivity contribution in [2.45, 2.75) is 56.5 Å². The molecule has 0 unspecified atom stereocenters. The highest BCUT2D eigenvalue weighted by molar-refractivity contribution is 9.10. The number of alkyl carbamates (subject to hydrolysis) is 1. The first-order valence-corrected chi connectivity index (χ1v) is 12.3. The van der Waals surface area contributed by atoms with Gasteiger partial charge in [-0.05, 0) is 55.8 Å². The van der Waals surface area contributed by atoms with E-state index in [1.54, 1.807) is 0 Å². The number of amides is 1. The number of hydrogen-bond donors (Lipinski definition) is 1. The van der Waals surface area contributed by atoms with Crippen molar-refractivity contribution in [2.75, 3.05) is 24.3 Å². The van der Waals surface area contributed by atoms with E-state index in [9.17, 15) is 4.79 Å².